The van der Waals surface area contributed by atoms with Gasteiger partial charge in [-0.1, -0.05) is 28.4 Å². The van der Waals surface area contributed by atoms with Crippen LogP contribution in [-0.4, -0.2) is 67.2 Å². The number of carbonyl (C=O) groups excluding carboxylic acids is 2. The molecular weight excluding hydrogens is 565 g/mol. The molecule has 0 radical (unpaired) electrons. The summed E-state index contributed by atoms with van der Waals surface area (Å²) in [6.45, 7) is 0.190. The minimum Gasteiger partial charge on any atom is -0.477 e. The standard InChI is InChI=1S/C21H17Cl2N7O5S2/c1-35-27-13(12-8-37-21(24)25-12)16(31)26-14-18(32)30-15(20(33)34)9(7-36-19(14)30)5-28-2-3-29-6-10(22)4-11(23)17(28)29/h2-4,6,8,14,19H,5,7H2,1H3,(H3-,24,25,26,31,33,34)/p+1/b27-13-/t14-,19+/m1/s1. The van der Waals surface area contributed by atoms with Gasteiger partial charge in [0.2, 0.25) is 0 Å². The number of halogens is 2. The monoisotopic (exact) mass is 582 g/mol. The molecule has 37 heavy (non-hydrogen) atoms. The molecule has 5 rings (SSSR count). The number of nitrogens with zero attached hydrogens (tertiary/aromatic N) is 5. The van der Waals surface area contributed by atoms with Gasteiger partial charge >= 0.3 is 11.6 Å². The molecule has 3 aromatic heterocycles. The molecule has 0 saturated carbocycles. The normalized spacial score (nSPS) is 19.6. The number of β-lactam (4-membered cyclic amide) rings is 1. The number of hydrogen-bond donors (Lipinski definition) is 3. The van der Waals surface area contributed by atoms with E-state index in [1.807, 2.05) is 0 Å². The Bertz CT molecular complexity index is 1520. The Kier molecular flexibility index (Phi) is 6.74. The van der Waals surface area contributed by atoms with Crippen molar-refractivity contribution in [2.75, 3.05) is 18.6 Å². The molecule has 2 amide bonds. The summed E-state index contributed by atoms with van der Waals surface area (Å²) in [5, 5.41) is 18.4. The predicted molar refractivity (Wildman–Crippen MR) is 137 cm³/mol. The Morgan fingerprint density at radius 3 is 2.89 bits per heavy atom. The number of amides is 2. The second-order valence-electron chi connectivity index (χ2n) is 7.97. The van der Waals surface area contributed by atoms with Crippen LogP contribution in [0.2, 0.25) is 10.0 Å². The third-order valence-corrected chi connectivity index (χ3v) is 8.22. The first-order chi connectivity index (χ1) is 17.7. The number of pyridine rings is 1. The van der Waals surface area contributed by atoms with Gasteiger partial charge in [0, 0.05) is 16.7 Å². The molecule has 0 aliphatic carbocycles. The van der Waals surface area contributed by atoms with E-state index in [2.05, 4.69) is 15.5 Å². The van der Waals surface area contributed by atoms with E-state index in [0.717, 1.165) is 11.3 Å². The summed E-state index contributed by atoms with van der Waals surface area (Å²) >= 11 is 14.9. The van der Waals surface area contributed by atoms with Crippen LogP contribution in [0.1, 0.15) is 5.69 Å². The number of nitrogens with one attached hydrogen (secondary N) is 1. The van der Waals surface area contributed by atoms with Crippen LogP contribution in [0.4, 0.5) is 5.13 Å². The number of oxime groups is 1. The van der Waals surface area contributed by atoms with E-state index in [-0.39, 0.29) is 28.8 Å². The number of thiazole rings is 1. The maximum absolute atomic E-state index is 13.1. The average molecular weight is 583 g/mol. The van der Waals surface area contributed by atoms with E-state index in [1.54, 1.807) is 33.6 Å². The van der Waals surface area contributed by atoms with E-state index in [1.165, 1.54) is 29.2 Å². The highest BCUT2D eigenvalue weighted by atomic mass is 35.5. The van der Waals surface area contributed by atoms with Crippen LogP contribution in [0.15, 0.2) is 46.5 Å². The Morgan fingerprint density at radius 1 is 1.43 bits per heavy atom. The molecule has 1 saturated heterocycles. The molecule has 12 nitrogen and oxygen atoms in total. The van der Waals surface area contributed by atoms with Crippen LogP contribution < -0.4 is 15.6 Å². The Balaban J connectivity index is 1.39. The number of thioether (sulfide) groups is 1. The Morgan fingerprint density at radius 2 is 2.22 bits per heavy atom. The number of nitrogen functional groups attached to an aromatic ring is 1. The molecule has 0 spiro atoms. The summed E-state index contributed by atoms with van der Waals surface area (Å²) in [7, 11) is 1.27. The SMILES string of the molecule is CO/N=C(\C(=O)N[C@@H]1C(=O)N2C(C(=O)O)=C(C[n+]3ccn4cc(Cl)cc(Cl)c43)CS[C@@H]12)c1csc(N)n1. The molecular formula is C21H18Cl2N7O5S2+. The van der Waals surface area contributed by atoms with Crippen molar-refractivity contribution in [1.29, 1.82) is 0 Å². The molecule has 192 valence electrons. The fraction of sp³-hybridized carbons (Fsp3) is 0.238. The van der Waals surface area contributed by atoms with Gasteiger partial charge in [0.05, 0.1) is 5.02 Å². The van der Waals surface area contributed by atoms with E-state index in [4.69, 9.17) is 33.8 Å². The maximum atomic E-state index is 13.1. The fourth-order valence-electron chi connectivity index (χ4n) is 4.20. The van der Waals surface area contributed by atoms with Gasteiger partial charge in [0.1, 0.15) is 60.1 Å². The van der Waals surface area contributed by atoms with Gasteiger partial charge in [-0.15, -0.1) is 23.1 Å². The zero-order valence-corrected chi connectivity index (χ0v) is 22.1. The minimum absolute atomic E-state index is 0.116. The van der Waals surface area contributed by atoms with E-state index in [0.29, 0.717) is 27.0 Å². The Labute approximate surface area is 227 Å². The first kappa shape index (κ1) is 25.3. The van der Waals surface area contributed by atoms with Crippen molar-refractivity contribution in [2.45, 2.75) is 18.0 Å². The third kappa shape index (κ3) is 4.50. The van der Waals surface area contributed by atoms with E-state index >= 15 is 0 Å². The summed E-state index contributed by atoms with van der Waals surface area (Å²) in [5.41, 5.74) is 6.74. The molecule has 3 aromatic rings. The summed E-state index contributed by atoms with van der Waals surface area (Å²) in [6, 6.07) is 0.645. The highest BCUT2D eigenvalue weighted by Crippen LogP contribution is 2.40. The van der Waals surface area contributed by atoms with E-state index < -0.39 is 29.2 Å². The molecule has 2 aliphatic heterocycles. The van der Waals surface area contributed by atoms with Crippen LogP contribution in [0.3, 0.4) is 0 Å². The number of hydrogen-bond acceptors (Lipinski definition) is 9. The molecule has 1 fully saturated rings. The molecule has 0 aromatic carbocycles. The lowest BCUT2D eigenvalue weighted by atomic mass is 10.0. The lowest BCUT2D eigenvalue weighted by Crippen LogP contribution is -2.71. The van der Waals surface area contributed by atoms with Crippen LogP contribution in [0.25, 0.3) is 5.65 Å². The van der Waals surface area contributed by atoms with Crippen LogP contribution in [0, 0.1) is 0 Å². The molecule has 2 aliphatic rings. The molecule has 0 bridgehead atoms. The number of rotatable bonds is 7. The second kappa shape index (κ2) is 9.85. The number of nitrogens with two attached hydrogens (primary N) is 1. The summed E-state index contributed by atoms with van der Waals surface area (Å²) in [6.07, 6.45) is 5.19. The fourth-order valence-corrected chi connectivity index (χ4v) is 6.68. The summed E-state index contributed by atoms with van der Waals surface area (Å²) < 4.78 is 3.52. The number of aliphatic carboxylic acids is 1. The molecule has 16 heteroatoms. The number of imidazole rings is 1. The van der Waals surface area contributed by atoms with Crippen molar-refractivity contribution in [3.05, 3.63) is 57.0 Å². The average Bonchev–Trinajstić information content (AvgIpc) is 3.46. The number of carboxylic acid groups (broad SMARTS) is 1. The smallest absolute Gasteiger partial charge is 0.352 e. The van der Waals surface area contributed by atoms with Crippen LogP contribution in [-0.2, 0) is 25.8 Å². The summed E-state index contributed by atoms with van der Waals surface area (Å²) in [4.78, 5) is 48.2. The van der Waals surface area contributed by atoms with Crippen molar-refractivity contribution in [3.8, 4) is 0 Å². The largest absolute Gasteiger partial charge is 0.477 e. The third-order valence-electron chi connectivity index (χ3n) is 5.72. The van der Waals surface area contributed by atoms with Crippen molar-refractivity contribution in [3.63, 3.8) is 0 Å². The van der Waals surface area contributed by atoms with Gasteiger partial charge in [-0.2, -0.15) is 0 Å². The number of anilines is 1. The van der Waals surface area contributed by atoms with E-state index in [9.17, 15) is 19.5 Å². The lowest BCUT2D eigenvalue weighted by Gasteiger charge is -2.49. The van der Waals surface area contributed by atoms with Gasteiger partial charge in [-0.05, 0) is 6.07 Å². The highest BCUT2D eigenvalue weighted by Gasteiger charge is 2.54. The summed E-state index contributed by atoms with van der Waals surface area (Å²) in [5.74, 6) is -2.16. The van der Waals surface area contributed by atoms with Crippen molar-refractivity contribution < 1.29 is 28.9 Å². The zero-order valence-electron chi connectivity index (χ0n) is 18.9. The first-order valence-electron chi connectivity index (χ1n) is 10.6. The van der Waals surface area contributed by atoms with Gasteiger partial charge in [0.25, 0.3) is 11.8 Å². The topological polar surface area (TPSA) is 156 Å². The van der Waals surface area contributed by atoms with Crippen molar-refractivity contribution in [1.82, 2.24) is 19.6 Å². The second-order valence-corrected chi connectivity index (χ2v) is 10.8. The van der Waals surface area contributed by atoms with Crippen molar-refractivity contribution >= 4 is 80.6 Å². The van der Waals surface area contributed by atoms with Gasteiger partial charge in [-0.3, -0.25) is 14.5 Å². The Hall–Kier alpha value is -3.33. The molecule has 4 N–H and O–H groups in total. The molecule has 2 atom stereocenters. The quantitative estimate of drug-likeness (QED) is 0.163. The number of aromatic nitrogens is 3. The first-order valence-corrected chi connectivity index (χ1v) is 13.3. The maximum Gasteiger partial charge on any atom is 0.352 e. The van der Waals surface area contributed by atoms with Gasteiger partial charge < -0.3 is 21.0 Å². The lowest BCUT2D eigenvalue weighted by molar-refractivity contribution is -0.662. The highest BCUT2D eigenvalue weighted by molar-refractivity contribution is 8.00. The van der Waals surface area contributed by atoms with Crippen LogP contribution in [0.5, 0.6) is 0 Å². The van der Waals surface area contributed by atoms with Crippen molar-refractivity contribution in [2.24, 2.45) is 5.16 Å². The van der Waals surface area contributed by atoms with Crippen LogP contribution >= 0.6 is 46.3 Å². The number of carbonyl (C=O) groups is 3. The van der Waals surface area contributed by atoms with Gasteiger partial charge in [-0.25, -0.2) is 18.7 Å². The number of carboxylic acids is 1. The minimum atomic E-state index is -1.24. The van der Waals surface area contributed by atoms with Gasteiger partial charge in [0.15, 0.2) is 10.8 Å². The predicted octanol–water partition coefficient (Wildman–Crippen LogP) is 1.36. The zero-order chi connectivity index (χ0) is 26.4. The molecule has 5 heterocycles. The molecule has 0 unspecified atom stereocenters. The number of fused-ring (bicyclic) bond motifs is 2.